The van der Waals surface area contributed by atoms with Crippen molar-refractivity contribution in [2.75, 3.05) is 13.7 Å². The number of fused-ring (bicyclic) bond motifs is 1. The molecule has 4 heterocycles. The van der Waals surface area contributed by atoms with E-state index in [-0.39, 0.29) is 35.0 Å². The topological polar surface area (TPSA) is 136 Å². The molecule has 14 heteroatoms. The maximum atomic E-state index is 14.9. The molecule has 0 N–H and O–H groups in total. The van der Waals surface area contributed by atoms with Crippen molar-refractivity contribution < 1.29 is 18.8 Å². The molecule has 0 aliphatic carbocycles. The van der Waals surface area contributed by atoms with Crippen molar-refractivity contribution in [2.45, 2.75) is 33.5 Å². The number of alkyl halides is 1. The lowest BCUT2D eigenvalue weighted by molar-refractivity contribution is -0.386. The third-order valence-electron chi connectivity index (χ3n) is 5.04. The number of nitro groups is 1. The first-order chi connectivity index (χ1) is 16.2. The minimum atomic E-state index is -1.57. The van der Waals surface area contributed by atoms with E-state index in [0.717, 1.165) is 5.56 Å². The molecule has 1 atom stereocenters. The van der Waals surface area contributed by atoms with Crippen LogP contribution in [0.4, 0.5) is 10.1 Å². The van der Waals surface area contributed by atoms with Gasteiger partial charge in [0.05, 0.1) is 29.7 Å². The quantitative estimate of drug-likeness (QED) is 0.207. The predicted octanol–water partition coefficient (Wildman–Crippen LogP) is 3.32. The number of aromatic nitrogens is 7. The molecule has 0 spiro atoms. The third-order valence-corrected chi connectivity index (χ3v) is 5.23. The van der Waals surface area contributed by atoms with E-state index >= 15 is 0 Å². The Kier molecular flexibility index (Phi) is 6.28. The summed E-state index contributed by atoms with van der Waals surface area (Å²) in [6.45, 7) is 4.36. The van der Waals surface area contributed by atoms with E-state index in [1.165, 1.54) is 29.6 Å². The summed E-state index contributed by atoms with van der Waals surface area (Å²) in [7, 11) is 1.43. The van der Waals surface area contributed by atoms with Crippen molar-refractivity contribution >= 4 is 28.3 Å². The van der Waals surface area contributed by atoms with Crippen LogP contribution in [0.5, 0.6) is 11.8 Å². The lowest BCUT2D eigenvalue weighted by Gasteiger charge is -2.10. The van der Waals surface area contributed by atoms with E-state index in [4.69, 9.17) is 21.1 Å². The Balaban J connectivity index is 1.59. The van der Waals surface area contributed by atoms with E-state index in [9.17, 15) is 14.5 Å². The van der Waals surface area contributed by atoms with E-state index in [1.807, 2.05) is 6.92 Å². The average Bonchev–Trinajstić information content (AvgIpc) is 3.28. The number of rotatable bonds is 8. The van der Waals surface area contributed by atoms with E-state index in [2.05, 4.69) is 25.1 Å². The van der Waals surface area contributed by atoms with Gasteiger partial charge >= 0.3 is 11.6 Å². The zero-order chi connectivity index (χ0) is 24.6. The lowest BCUT2D eigenvalue weighted by atomic mass is 10.3. The summed E-state index contributed by atoms with van der Waals surface area (Å²) in [5.41, 5.74) is 1.99. The molecule has 4 aromatic rings. The molecule has 1 unspecified atom stereocenters. The monoisotopic (exact) mass is 490 g/mol. The van der Waals surface area contributed by atoms with Crippen LogP contribution in [-0.2, 0) is 6.54 Å². The molecule has 0 radical (unpaired) electrons. The summed E-state index contributed by atoms with van der Waals surface area (Å²) in [4.78, 5) is 23.3. The maximum absolute atomic E-state index is 14.9. The van der Waals surface area contributed by atoms with Gasteiger partial charge in [0.1, 0.15) is 18.0 Å². The molecule has 0 aliphatic rings. The number of pyridine rings is 1. The van der Waals surface area contributed by atoms with Gasteiger partial charge in [0, 0.05) is 12.4 Å². The second-order valence-corrected chi connectivity index (χ2v) is 7.84. The zero-order valence-electron chi connectivity index (χ0n) is 18.7. The standard InChI is InChI=1S/C20H20ClFN8O4/c1-10-5-15(18(33-4)23-6-10)29-12(3)16(30(31)32)19(27-29)34-9-13(22)8-28-17-14(11(2)26-28)7-24-20(21)25-17/h5-7,13H,8-9H2,1-4H3. The summed E-state index contributed by atoms with van der Waals surface area (Å²) >= 11 is 5.85. The minimum Gasteiger partial charge on any atom is -0.479 e. The van der Waals surface area contributed by atoms with E-state index < -0.39 is 17.7 Å². The van der Waals surface area contributed by atoms with Crippen LogP contribution in [0.2, 0.25) is 5.28 Å². The van der Waals surface area contributed by atoms with Gasteiger partial charge in [0.25, 0.3) is 0 Å². The lowest BCUT2D eigenvalue weighted by Crippen LogP contribution is -2.21. The average molecular weight is 491 g/mol. The Hall–Kier alpha value is -3.87. The van der Waals surface area contributed by atoms with Crippen LogP contribution in [-0.4, -0.2) is 59.3 Å². The van der Waals surface area contributed by atoms with Crippen LogP contribution in [0.1, 0.15) is 17.0 Å². The number of hydrogen-bond acceptors (Lipinski definition) is 9. The molecular weight excluding hydrogens is 471 g/mol. The van der Waals surface area contributed by atoms with E-state index in [0.29, 0.717) is 22.4 Å². The largest absolute Gasteiger partial charge is 0.479 e. The number of methoxy groups -OCH3 is 1. The Morgan fingerprint density at radius 3 is 2.68 bits per heavy atom. The van der Waals surface area contributed by atoms with Crippen molar-refractivity contribution in [3.63, 3.8) is 0 Å². The zero-order valence-corrected chi connectivity index (χ0v) is 19.4. The minimum absolute atomic E-state index is 0.0121. The highest BCUT2D eigenvalue weighted by Crippen LogP contribution is 2.34. The number of halogens is 2. The summed E-state index contributed by atoms with van der Waals surface area (Å²) in [5, 5.41) is 20.8. The summed E-state index contributed by atoms with van der Waals surface area (Å²) in [5.74, 6) is -0.0943. The van der Waals surface area contributed by atoms with Gasteiger partial charge in [0.15, 0.2) is 11.8 Å². The third kappa shape index (κ3) is 4.33. The molecule has 0 saturated heterocycles. The van der Waals surface area contributed by atoms with Crippen LogP contribution in [0.15, 0.2) is 18.5 Å². The molecule has 34 heavy (non-hydrogen) atoms. The fourth-order valence-electron chi connectivity index (χ4n) is 3.48. The van der Waals surface area contributed by atoms with Crippen molar-refractivity contribution in [3.05, 3.63) is 50.8 Å². The fourth-order valence-corrected chi connectivity index (χ4v) is 3.61. The molecule has 4 rings (SSSR count). The second kappa shape index (κ2) is 9.17. The van der Waals surface area contributed by atoms with Crippen LogP contribution >= 0.6 is 11.6 Å². The summed E-state index contributed by atoms with van der Waals surface area (Å²) < 4.78 is 28.2. The van der Waals surface area contributed by atoms with Crippen molar-refractivity contribution in [3.8, 4) is 17.4 Å². The normalized spacial score (nSPS) is 12.2. The molecule has 0 bridgehead atoms. The van der Waals surface area contributed by atoms with Crippen molar-refractivity contribution in [1.82, 2.24) is 34.5 Å². The SMILES string of the molecule is COc1ncc(C)cc1-n1nc(OCC(F)Cn2nc(C)c3cnc(Cl)nc32)c([N+](=O)[O-])c1C. The van der Waals surface area contributed by atoms with Crippen LogP contribution in [0.3, 0.4) is 0 Å². The maximum Gasteiger partial charge on any atom is 0.353 e. The van der Waals surface area contributed by atoms with Crippen molar-refractivity contribution in [2.24, 2.45) is 0 Å². The summed E-state index contributed by atoms with van der Waals surface area (Å²) in [6, 6.07) is 1.72. The predicted molar refractivity (Wildman–Crippen MR) is 120 cm³/mol. The van der Waals surface area contributed by atoms with E-state index in [1.54, 1.807) is 19.2 Å². The highest BCUT2D eigenvalue weighted by Gasteiger charge is 2.29. The number of aryl methyl sites for hydroxylation is 2. The van der Waals surface area contributed by atoms with Gasteiger partial charge in [-0.3, -0.25) is 10.1 Å². The van der Waals surface area contributed by atoms with Crippen LogP contribution in [0, 0.1) is 30.9 Å². The van der Waals surface area contributed by atoms with Gasteiger partial charge in [-0.25, -0.2) is 23.7 Å². The van der Waals surface area contributed by atoms with Crippen LogP contribution in [0.25, 0.3) is 16.7 Å². The van der Waals surface area contributed by atoms with Gasteiger partial charge in [-0.15, -0.1) is 5.10 Å². The number of nitrogens with zero attached hydrogens (tertiary/aromatic N) is 8. The Labute approximate surface area is 197 Å². The molecule has 4 aromatic heterocycles. The van der Waals surface area contributed by atoms with Gasteiger partial charge in [-0.2, -0.15) is 10.1 Å². The molecule has 0 aromatic carbocycles. The number of hydrogen-bond donors (Lipinski definition) is 0. The molecule has 0 fully saturated rings. The molecule has 0 amide bonds. The Bertz CT molecular complexity index is 1390. The first-order valence-corrected chi connectivity index (χ1v) is 10.4. The van der Waals surface area contributed by atoms with Crippen LogP contribution < -0.4 is 9.47 Å². The smallest absolute Gasteiger partial charge is 0.353 e. The van der Waals surface area contributed by atoms with Gasteiger partial charge in [-0.05, 0) is 44.0 Å². The highest BCUT2D eigenvalue weighted by molar-refractivity contribution is 6.28. The highest BCUT2D eigenvalue weighted by atomic mass is 35.5. The molecular formula is C20H20ClFN8O4. The molecule has 0 aliphatic heterocycles. The first-order valence-electron chi connectivity index (χ1n) is 10.1. The molecule has 178 valence electrons. The van der Waals surface area contributed by atoms with Crippen molar-refractivity contribution in [1.29, 1.82) is 0 Å². The van der Waals surface area contributed by atoms with Gasteiger partial charge in [0.2, 0.25) is 11.2 Å². The molecule has 12 nitrogen and oxygen atoms in total. The second-order valence-electron chi connectivity index (χ2n) is 7.50. The first kappa shape index (κ1) is 23.3. The summed E-state index contributed by atoms with van der Waals surface area (Å²) in [6.07, 6.45) is 1.54. The Morgan fingerprint density at radius 1 is 1.21 bits per heavy atom. The number of ether oxygens (including phenoxy) is 2. The Morgan fingerprint density at radius 2 is 1.97 bits per heavy atom. The van der Waals surface area contributed by atoms with Gasteiger partial charge in [-0.1, -0.05) is 0 Å². The fraction of sp³-hybridized carbons (Fsp3) is 0.350. The van der Waals surface area contributed by atoms with Gasteiger partial charge < -0.3 is 9.47 Å². The molecule has 0 saturated carbocycles.